The van der Waals surface area contributed by atoms with Crippen LogP contribution >= 0.6 is 11.3 Å². The first-order valence-corrected chi connectivity index (χ1v) is 6.32. The fourth-order valence-electron chi connectivity index (χ4n) is 1.85. The summed E-state index contributed by atoms with van der Waals surface area (Å²) in [5, 5.41) is 8.16. The largest absolute Gasteiger partial charge is 0.495 e. The molecule has 0 aromatic carbocycles. The van der Waals surface area contributed by atoms with Crippen LogP contribution in [0, 0.1) is 0 Å². The molecule has 2 rings (SSSR count). The highest BCUT2D eigenvalue weighted by Gasteiger charge is 2.19. The SMILES string of the molecule is COc1ccsc1C(=O)N[C@@H]1CCCNC1. The number of carbonyl (C=O) groups excluding carboxylic acids is 1. The van der Waals surface area contributed by atoms with Crippen molar-refractivity contribution in [2.24, 2.45) is 0 Å². The summed E-state index contributed by atoms with van der Waals surface area (Å²) in [6.45, 7) is 1.91. The van der Waals surface area contributed by atoms with E-state index < -0.39 is 0 Å². The van der Waals surface area contributed by atoms with E-state index in [0.29, 0.717) is 10.6 Å². The van der Waals surface area contributed by atoms with Crippen molar-refractivity contribution in [2.45, 2.75) is 18.9 Å². The third kappa shape index (κ3) is 2.54. The van der Waals surface area contributed by atoms with Crippen LogP contribution in [-0.2, 0) is 0 Å². The summed E-state index contributed by atoms with van der Waals surface area (Å²) in [5.74, 6) is 0.631. The summed E-state index contributed by atoms with van der Waals surface area (Å²) >= 11 is 1.41. The van der Waals surface area contributed by atoms with Crippen molar-refractivity contribution in [3.63, 3.8) is 0 Å². The van der Waals surface area contributed by atoms with Gasteiger partial charge in [-0.15, -0.1) is 11.3 Å². The number of hydrogen-bond donors (Lipinski definition) is 2. The Kier molecular flexibility index (Phi) is 3.79. The zero-order valence-corrected chi connectivity index (χ0v) is 10.1. The van der Waals surface area contributed by atoms with E-state index in [0.717, 1.165) is 25.9 Å². The maximum Gasteiger partial charge on any atom is 0.265 e. The van der Waals surface area contributed by atoms with E-state index in [1.165, 1.54) is 11.3 Å². The second kappa shape index (κ2) is 5.32. The Bertz CT molecular complexity index is 359. The second-order valence-electron chi connectivity index (χ2n) is 3.83. The van der Waals surface area contributed by atoms with E-state index in [2.05, 4.69) is 10.6 Å². The molecule has 1 aliphatic rings. The maximum atomic E-state index is 11.9. The molecule has 0 radical (unpaired) electrons. The topological polar surface area (TPSA) is 50.4 Å². The Hall–Kier alpha value is -1.07. The van der Waals surface area contributed by atoms with E-state index in [-0.39, 0.29) is 11.9 Å². The van der Waals surface area contributed by atoms with E-state index in [9.17, 15) is 4.79 Å². The lowest BCUT2D eigenvalue weighted by Gasteiger charge is -2.23. The van der Waals surface area contributed by atoms with Crippen molar-refractivity contribution in [3.8, 4) is 5.75 Å². The molecule has 1 aromatic heterocycles. The number of nitrogens with one attached hydrogen (secondary N) is 2. The van der Waals surface area contributed by atoms with Crippen LogP contribution in [0.15, 0.2) is 11.4 Å². The van der Waals surface area contributed by atoms with Crippen molar-refractivity contribution in [3.05, 3.63) is 16.3 Å². The highest BCUT2D eigenvalue weighted by atomic mass is 32.1. The summed E-state index contributed by atoms with van der Waals surface area (Å²) < 4.78 is 5.13. The van der Waals surface area contributed by atoms with Gasteiger partial charge in [0.15, 0.2) is 0 Å². The van der Waals surface area contributed by atoms with Crippen LogP contribution in [0.25, 0.3) is 0 Å². The molecule has 1 fully saturated rings. The number of rotatable bonds is 3. The van der Waals surface area contributed by atoms with Crippen molar-refractivity contribution in [1.82, 2.24) is 10.6 Å². The van der Waals surface area contributed by atoms with E-state index in [1.807, 2.05) is 11.4 Å². The molecule has 4 nitrogen and oxygen atoms in total. The molecule has 0 aliphatic carbocycles. The highest BCUT2D eigenvalue weighted by Crippen LogP contribution is 2.24. The lowest BCUT2D eigenvalue weighted by atomic mass is 10.1. The summed E-state index contributed by atoms with van der Waals surface area (Å²) in [7, 11) is 1.58. The number of thiophene rings is 1. The average molecular weight is 240 g/mol. The number of methoxy groups -OCH3 is 1. The van der Waals surface area contributed by atoms with Crippen molar-refractivity contribution < 1.29 is 9.53 Å². The van der Waals surface area contributed by atoms with Gasteiger partial charge < -0.3 is 15.4 Å². The molecule has 1 saturated heterocycles. The fourth-order valence-corrected chi connectivity index (χ4v) is 2.61. The van der Waals surface area contributed by atoms with Gasteiger partial charge in [0.05, 0.1) is 7.11 Å². The smallest absolute Gasteiger partial charge is 0.265 e. The Balaban J connectivity index is 1.96. The lowest BCUT2D eigenvalue weighted by Crippen LogP contribution is -2.45. The van der Waals surface area contributed by atoms with Crippen LogP contribution in [0.3, 0.4) is 0 Å². The molecule has 1 atom stereocenters. The molecule has 88 valence electrons. The monoisotopic (exact) mass is 240 g/mol. The van der Waals surface area contributed by atoms with Crippen LogP contribution in [0.1, 0.15) is 22.5 Å². The van der Waals surface area contributed by atoms with Crippen molar-refractivity contribution in [1.29, 1.82) is 0 Å². The van der Waals surface area contributed by atoms with Gasteiger partial charge in [0, 0.05) is 12.6 Å². The lowest BCUT2D eigenvalue weighted by molar-refractivity contribution is 0.0932. The third-order valence-electron chi connectivity index (χ3n) is 2.69. The van der Waals surface area contributed by atoms with Crippen molar-refractivity contribution >= 4 is 17.2 Å². The minimum Gasteiger partial charge on any atom is -0.495 e. The molecule has 16 heavy (non-hydrogen) atoms. The van der Waals surface area contributed by atoms with Crippen LogP contribution in [-0.4, -0.2) is 32.1 Å². The van der Waals surface area contributed by atoms with E-state index >= 15 is 0 Å². The molecule has 1 amide bonds. The van der Waals surface area contributed by atoms with Crippen molar-refractivity contribution in [2.75, 3.05) is 20.2 Å². The third-order valence-corrected chi connectivity index (χ3v) is 3.58. The molecule has 0 unspecified atom stereocenters. The van der Waals surface area contributed by atoms with Crippen LogP contribution < -0.4 is 15.4 Å². The van der Waals surface area contributed by atoms with Gasteiger partial charge in [-0.2, -0.15) is 0 Å². The molecule has 0 spiro atoms. The minimum atomic E-state index is -0.0273. The van der Waals surface area contributed by atoms with E-state index in [4.69, 9.17) is 4.74 Å². The fraction of sp³-hybridized carbons (Fsp3) is 0.545. The van der Waals surface area contributed by atoms with Gasteiger partial charge in [0.25, 0.3) is 5.91 Å². The molecule has 0 saturated carbocycles. The number of amides is 1. The quantitative estimate of drug-likeness (QED) is 0.835. The maximum absolute atomic E-state index is 11.9. The molecular formula is C11H16N2O2S. The number of ether oxygens (including phenoxy) is 1. The zero-order chi connectivity index (χ0) is 11.4. The highest BCUT2D eigenvalue weighted by molar-refractivity contribution is 7.12. The second-order valence-corrected chi connectivity index (χ2v) is 4.75. The number of hydrogen-bond acceptors (Lipinski definition) is 4. The first-order valence-electron chi connectivity index (χ1n) is 5.44. The zero-order valence-electron chi connectivity index (χ0n) is 9.29. The van der Waals surface area contributed by atoms with Gasteiger partial charge in [-0.1, -0.05) is 0 Å². The number of piperidine rings is 1. The first-order chi connectivity index (χ1) is 7.81. The Morgan fingerprint density at radius 2 is 2.56 bits per heavy atom. The Morgan fingerprint density at radius 1 is 1.69 bits per heavy atom. The minimum absolute atomic E-state index is 0.0273. The molecule has 2 heterocycles. The van der Waals surface area contributed by atoms with E-state index in [1.54, 1.807) is 7.11 Å². The predicted molar refractivity (Wildman–Crippen MR) is 64.2 cm³/mol. The summed E-state index contributed by atoms with van der Waals surface area (Å²) in [6, 6.07) is 2.06. The number of carbonyl (C=O) groups is 1. The Morgan fingerprint density at radius 3 is 3.25 bits per heavy atom. The summed E-state index contributed by atoms with van der Waals surface area (Å²) in [5.41, 5.74) is 0. The summed E-state index contributed by atoms with van der Waals surface area (Å²) in [4.78, 5) is 12.6. The van der Waals surface area contributed by atoms with Crippen LogP contribution in [0.2, 0.25) is 0 Å². The van der Waals surface area contributed by atoms with Crippen LogP contribution in [0.4, 0.5) is 0 Å². The van der Waals surface area contributed by atoms with Gasteiger partial charge in [0.2, 0.25) is 0 Å². The normalized spacial score (nSPS) is 20.4. The average Bonchev–Trinajstić information content (AvgIpc) is 2.78. The Labute approximate surface area is 99.0 Å². The standard InChI is InChI=1S/C11H16N2O2S/c1-15-9-4-6-16-10(9)11(14)13-8-3-2-5-12-7-8/h4,6,8,12H,2-3,5,7H2,1H3,(H,13,14)/t8-/m1/s1. The molecule has 1 aliphatic heterocycles. The van der Waals surface area contributed by atoms with Gasteiger partial charge >= 0.3 is 0 Å². The first kappa shape index (κ1) is 11.4. The molecule has 2 N–H and O–H groups in total. The molecule has 1 aromatic rings. The van der Waals surface area contributed by atoms with Gasteiger partial charge in [-0.05, 0) is 30.8 Å². The van der Waals surface area contributed by atoms with Gasteiger partial charge in [-0.25, -0.2) is 0 Å². The molecular weight excluding hydrogens is 224 g/mol. The predicted octanol–water partition coefficient (Wildman–Crippen LogP) is 1.24. The van der Waals surface area contributed by atoms with Crippen LogP contribution in [0.5, 0.6) is 5.75 Å². The van der Waals surface area contributed by atoms with Gasteiger partial charge in [0.1, 0.15) is 10.6 Å². The molecule has 0 bridgehead atoms. The van der Waals surface area contributed by atoms with Gasteiger partial charge in [-0.3, -0.25) is 4.79 Å². The molecule has 5 heteroatoms. The summed E-state index contributed by atoms with van der Waals surface area (Å²) in [6.07, 6.45) is 2.17.